The molecular formula is C17H20ClN3O3. The smallest absolute Gasteiger partial charge is 0.126 e. The molecule has 2 aliphatic rings. The van der Waals surface area contributed by atoms with Crippen molar-refractivity contribution >= 4 is 17.3 Å². The van der Waals surface area contributed by atoms with Crippen molar-refractivity contribution in [3.63, 3.8) is 0 Å². The molecule has 6 nitrogen and oxygen atoms in total. The van der Waals surface area contributed by atoms with E-state index in [0.29, 0.717) is 36.8 Å². The van der Waals surface area contributed by atoms with Crippen LogP contribution in [0.5, 0.6) is 0 Å². The van der Waals surface area contributed by atoms with Gasteiger partial charge in [-0.05, 0) is 25.0 Å². The van der Waals surface area contributed by atoms with Crippen molar-refractivity contribution in [2.45, 2.75) is 31.6 Å². The number of halogens is 1. The lowest BCUT2D eigenvalue weighted by molar-refractivity contribution is -0.00412. The Labute approximate surface area is 146 Å². The summed E-state index contributed by atoms with van der Waals surface area (Å²) < 4.78 is 11.0. The zero-order valence-corrected chi connectivity index (χ0v) is 14.5. The predicted molar refractivity (Wildman–Crippen MR) is 90.2 cm³/mol. The zero-order chi connectivity index (χ0) is 17.3. The van der Waals surface area contributed by atoms with E-state index in [1.54, 1.807) is 13.2 Å². The van der Waals surface area contributed by atoms with Gasteiger partial charge in [-0.3, -0.25) is 5.01 Å². The van der Waals surface area contributed by atoms with Gasteiger partial charge in [0, 0.05) is 19.2 Å². The molecular weight excluding hydrogens is 330 g/mol. The van der Waals surface area contributed by atoms with Crippen LogP contribution in [0, 0.1) is 18.3 Å². The van der Waals surface area contributed by atoms with Crippen LogP contribution in [-0.4, -0.2) is 60.9 Å². The third-order valence-corrected chi connectivity index (χ3v) is 5.06. The normalized spacial score (nSPS) is 25.5. The number of hydrogen-bond acceptors (Lipinski definition) is 6. The summed E-state index contributed by atoms with van der Waals surface area (Å²) in [6.45, 7) is 3.45. The second kappa shape index (κ2) is 7.08. The van der Waals surface area contributed by atoms with Crippen molar-refractivity contribution < 1.29 is 14.6 Å². The fourth-order valence-electron chi connectivity index (χ4n) is 3.31. The maximum Gasteiger partial charge on any atom is 0.126 e. The van der Waals surface area contributed by atoms with Gasteiger partial charge in [0.15, 0.2) is 0 Å². The van der Waals surface area contributed by atoms with E-state index < -0.39 is 6.10 Å². The molecule has 24 heavy (non-hydrogen) atoms. The maximum absolute atomic E-state index is 10.3. The average molecular weight is 350 g/mol. The number of fused-ring (bicyclic) bond motifs is 1. The first kappa shape index (κ1) is 17.2. The number of hydrazone groups is 1. The minimum absolute atomic E-state index is 0.189. The maximum atomic E-state index is 10.3. The minimum Gasteiger partial charge on any atom is -0.391 e. The molecule has 1 saturated heterocycles. The van der Waals surface area contributed by atoms with Gasteiger partial charge in [0.05, 0.1) is 35.6 Å². The largest absolute Gasteiger partial charge is 0.391 e. The van der Waals surface area contributed by atoms with Gasteiger partial charge in [0.25, 0.3) is 0 Å². The number of benzene rings is 1. The molecule has 2 aliphatic heterocycles. The van der Waals surface area contributed by atoms with Crippen LogP contribution in [0.15, 0.2) is 17.2 Å². The fraction of sp³-hybridized carbons (Fsp3) is 0.529. The Morgan fingerprint density at radius 3 is 2.96 bits per heavy atom. The summed E-state index contributed by atoms with van der Waals surface area (Å²) in [6.07, 6.45) is -0.146. The molecule has 1 aromatic carbocycles. The van der Waals surface area contributed by atoms with Crippen LogP contribution in [0.3, 0.4) is 0 Å². The number of hydrogen-bond donors (Lipinski definition) is 1. The predicted octanol–water partition coefficient (Wildman–Crippen LogP) is 1.70. The Morgan fingerprint density at radius 1 is 1.46 bits per heavy atom. The van der Waals surface area contributed by atoms with Crippen molar-refractivity contribution in [1.82, 2.24) is 5.01 Å². The Kier molecular flexibility index (Phi) is 5.07. The molecule has 0 radical (unpaired) electrons. The lowest BCUT2D eigenvalue weighted by atomic mass is 9.94. The first-order valence-electron chi connectivity index (χ1n) is 7.91. The summed E-state index contributed by atoms with van der Waals surface area (Å²) in [5, 5.41) is 26.4. The lowest BCUT2D eigenvalue weighted by Crippen LogP contribution is -2.42. The lowest BCUT2D eigenvalue weighted by Gasteiger charge is -2.24. The van der Waals surface area contributed by atoms with Gasteiger partial charge >= 0.3 is 0 Å². The zero-order valence-electron chi connectivity index (χ0n) is 13.7. The number of aliphatic hydroxyl groups excluding tert-OH is 1. The number of ether oxygens (including phenoxy) is 2. The van der Waals surface area contributed by atoms with Crippen molar-refractivity contribution in [2.24, 2.45) is 5.10 Å². The quantitative estimate of drug-likeness (QED) is 0.819. The van der Waals surface area contributed by atoms with Gasteiger partial charge < -0.3 is 14.6 Å². The van der Waals surface area contributed by atoms with Crippen LogP contribution in [-0.2, 0) is 9.47 Å². The summed E-state index contributed by atoms with van der Waals surface area (Å²) >= 11 is 6.30. The number of nitriles is 1. The molecule has 128 valence electrons. The number of methoxy groups -OCH3 is 1. The van der Waals surface area contributed by atoms with E-state index in [9.17, 15) is 5.11 Å². The molecule has 0 bridgehead atoms. The molecule has 0 saturated carbocycles. The van der Waals surface area contributed by atoms with Gasteiger partial charge in [-0.25, -0.2) is 0 Å². The highest BCUT2D eigenvalue weighted by atomic mass is 35.5. The molecule has 1 N–H and O–H groups in total. The van der Waals surface area contributed by atoms with Crippen LogP contribution in [0.2, 0.25) is 5.02 Å². The van der Waals surface area contributed by atoms with Gasteiger partial charge in [-0.15, -0.1) is 0 Å². The second-order valence-electron chi connectivity index (χ2n) is 5.99. The SMILES string of the molecule is COCCOC1C(c2ccc(C#N)c(Cl)c2C)=NN2CCC(O)C12. The minimum atomic E-state index is -0.479. The topological polar surface area (TPSA) is 78.1 Å². The highest BCUT2D eigenvalue weighted by Crippen LogP contribution is 2.34. The van der Waals surface area contributed by atoms with Crippen LogP contribution in [0.4, 0.5) is 0 Å². The van der Waals surface area contributed by atoms with Crippen LogP contribution >= 0.6 is 11.6 Å². The number of rotatable bonds is 5. The fourth-order valence-corrected chi connectivity index (χ4v) is 3.51. The summed E-state index contributed by atoms with van der Waals surface area (Å²) in [5.41, 5.74) is 2.83. The van der Waals surface area contributed by atoms with Crippen molar-refractivity contribution in [2.75, 3.05) is 26.9 Å². The van der Waals surface area contributed by atoms with E-state index >= 15 is 0 Å². The molecule has 0 aliphatic carbocycles. The van der Waals surface area contributed by atoms with Crippen molar-refractivity contribution in [3.8, 4) is 6.07 Å². The van der Waals surface area contributed by atoms with Gasteiger partial charge in [0.2, 0.25) is 0 Å². The molecule has 0 spiro atoms. The van der Waals surface area contributed by atoms with Gasteiger partial charge in [-0.2, -0.15) is 10.4 Å². The third-order valence-electron chi connectivity index (χ3n) is 4.58. The van der Waals surface area contributed by atoms with Crippen molar-refractivity contribution in [3.05, 3.63) is 33.8 Å². The first-order valence-corrected chi connectivity index (χ1v) is 8.29. The Hall–Kier alpha value is -1.65. The van der Waals surface area contributed by atoms with E-state index in [1.807, 2.05) is 18.0 Å². The van der Waals surface area contributed by atoms with Crippen LogP contribution in [0.25, 0.3) is 0 Å². The number of aliphatic hydroxyl groups is 1. The number of nitrogens with zero attached hydrogens (tertiary/aromatic N) is 3. The Morgan fingerprint density at radius 2 is 2.25 bits per heavy atom. The summed E-state index contributed by atoms with van der Waals surface area (Å²) in [7, 11) is 1.62. The standard InChI is InChI=1S/C17H20ClN3O3/c1-10-12(4-3-11(9-19)14(10)18)15-17(24-8-7-23-2)16-13(22)5-6-21(16)20-15/h3-4,13,16-17,22H,5-8H2,1-2H3. The molecule has 1 fully saturated rings. The molecule has 3 unspecified atom stereocenters. The van der Waals surface area contributed by atoms with Crippen LogP contribution < -0.4 is 0 Å². The van der Waals surface area contributed by atoms with Crippen LogP contribution in [0.1, 0.15) is 23.1 Å². The van der Waals surface area contributed by atoms with E-state index in [2.05, 4.69) is 11.2 Å². The highest BCUT2D eigenvalue weighted by Gasteiger charge is 2.46. The molecule has 7 heteroatoms. The monoisotopic (exact) mass is 349 g/mol. The first-order chi connectivity index (χ1) is 11.6. The van der Waals surface area contributed by atoms with E-state index in [-0.39, 0.29) is 12.1 Å². The summed E-state index contributed by atoms with van der Waals surface area (Å²) in [4.78, 5) is 0. The van der Waals surface area contributed by atoms with E-state index in [0.717, 1.165) is 16.8 Å². The third kappa shape index (κ3) is 2.89. The summed E-state index contributed by atoms with van der Waals surface area (Å²) in [6, 6.07) is 5.44. The van der Waals surface area contributed by atoms with Crippen molar-refractivity contribution in [1.29, 1.82) is 5.26 Å². The van der Waals surface area contributed by atoms with E-state index in [4.69, 9.17) is 26.3 Å². The highest BCUT2D eigenvalue weighted by molar-refractivity contribution is 6.33. The second-order valence-corrected chi connectivity index (χ2v) is 6.37. The molecule has 0 aromatic heterocycles. The molecule has 1 aromatic rings. The Bertz CT molecular complexity index is 701. The molecule has 3 atom stereocenters. The van der Waals surface area contributed by atoms with Gasteiger partial charge in [0.1, 0.15) is 18.2 Å². The average Bonchev–Trinajstić information content (AvgIpc) is 3.11. The van der Waals surface area contributed by atoms with Gasteiger partial charge in [-0.1, -0.05) is 17.7 Å². The molecule has 3 rings (SSSR count). The summed E-state index contributed by atoms with van der Waals surface area (Å²) in [5.74, 6) is 0. The Balaban J connectivity index is 1.96. The molecule has 2 heterocycles. The molecule has 0 amide bonds. The van der Waals surface area contributed by atoms with E-state index in [1.165, 1.54) is 0 Å².